The van der Waals surface area contributed by atoms with Crippen molar-refractivity contribution in [2.24, 2.45) is 18.7 Å². The van der Waals surface area contributed by atoms with Crippen LogP contribution in [0.25, 0.3) is 0 Å². The summed E-state index contributed by atoms with van der Waals surface area (Å²) < 4.78 is 1.82. The summed E-state index contributed by atoms with van der Waals surface area (Å²) in [7, 11) is 1.93. The van der Waals surface area contributed by atoms with Crippen LogP contribution in [-0.4, -0.2) is 33.8 Å². The summed E-state index contributed by atoms with van der Waals surface area (Å²) >= 11 is 0. The van der Waals surface area contributed by atoms with Crippen LogP contribution in [0.4, 0.5) is 0 Å². The first kappa shape index (κ1) is 16.2. The summed E-state index contributed by atoms with van der Waals surface area (Å²) in [6.07, 6.45) is 6.27. The molecule has 0 aliphatic carbocycles. The second kappa shape index (κ2) is 7.65. The second-order valence-corrected chi connectivity index (χ2v) is 5.87. The predicted octanol–water partition coefficient (Wildman–Crippen LogP) is 2.57. The van der Waals surface area contributed by atoms with Crippen LogP contribution in [0.3, 0.4) is 0 Å². The maximum Gasteiger partial charge on any atom is 0.0537 e. The standard InChI is InChI=1S/C15H30N4/c1-6-14(7-2)19(9-12(3)4)11-15(16)13-8-17-18(5)10-13/h8,10,12,14-15H,6-7,9,11,16H2,1-5H3. The van der Waals surface area contributed by atoms with Crippen LogP contribution in [0.15, 0.2) is 12.4 Å². The fourth-order valence-electron chi connectivity index (χ4n) is 2.64. The second-order valence-electron chi connectivity index (χ2n) is 5.87. The predicted molar refractivity (Wildman–Crippen MR) is 80.9 cm³/mol. The summed E-state index contributed by atoms with van der Waals surface area (Å²) in [5.41, 5.74) is 7.46. The van der Waals surface area contributed by atoms with Crippen LogP contribution in [0, 0.1) is 5.92 Å². The van der Waals surface area contributed by atoms with Gasteiger partial charge in [0.2, 0.25) is 0 Å². The van der Waals surface area contributed by atoms with Gasteiger partial charge < -0.3 is 5.73 Å². The average molecular weight is 266 g/mol. The Kier molecular flexibility index (Phi) is 6.52. The van der Waals surface area contributed by atoms with Gasteiger partial charge in [-0.05, 0) is 18.8 Å². The van der Waals surface area contributed by atoms with E-state index in [1.807, 2.05) is 24.1 Å². The smallest absolute Gasteiger partial charge is 0.0537 e. The third-order valence-electron chi connectivity index (χ3n) is 3.64. The van der Waals surface area contributed by atoms with E-state index >= 15 is 0 Å². The molecule has 0 spiro atoms. The molecule has 0 aliphatic heterocycles. The highest BCUT2D eigenvalue weighted by Gasteiger charge is 2.20. The lowest BCUT2D eigenvalue weighted by atomic mass is 10.0. The van der Waals surface area contributed by atoms with Crippen LogP contribution >= 0.6 is 0 Å². The number of hydrogen-bond donors (Lipinski definition) is 1. The lowest BCUT2D eigenvalue weighted by Crippen LogP contribution is -2.41. The first-order valence-corrected chi connectivity index (χ1v) is 7.46. The van der Waals surface area contributed by atoms with Crippen molar-refractivity contribution in [2.75, 3.05) is 13.1 Å². The quantitative estimate of drug-likeness (QED) is 0.786. The van der Waals surface area contributed by atoms with E-state index in [1.165, 1.54) is 12.8 Å². The molecule has 1 aromatic rings. The largest absolute Gasteiger partial charge is 0.323 e. The van der Waals surface area contributed by atoms with Gasteiger partial charge in [-0.3, -0.25) is 9.58 Å². The van der Waals surface area contributed by atoms with Gasteiger partial charge in [-0.15, -0.1) is 0 Å². The van der Waals surface area contributed by atoms with Crippen LogP contribution in [0.2, 0.25) is 0 Å². The van der Waals surface area contributed by atoms with E-state index in [1.54, 1.807) is 0 Å². The Morgan fingerprint density at radius 3 is 2.32 bits per heavy atom. The minimum Gasteiger partial charge on any atom is -0.323 e. The third-order valence-corrected chi connectivity index (χ3v) is 3.64. The summed E-state index contributed by atoms with van der Waals surface area (Å²) in [5.74, 6) is 0.668. The monoisotopic (exact) mass is 266 g/mol. The molecule has 0 saturated carbocycles. The first-order chi connectivity index (χ1) is 8.97. The average Bonchev–Trinajstić information content (AvgIpc) is 2.76. The molecule has 4 nitrogen and oxygen atoms in total. The molecule has 1 aromatic heterocycles. The molecule has 1 heterocycles. The van der Waals surface area contributed by atoms with E-state index < -0.39 is 0 Å². The Morgan fingerprint density at radius 2 is 1.89 bits per heavy atom. The van der Waals surface area contributed by atoms with Gasteiger partial charge in [0.25, 0.3) is 0 Å². The molecule has 19 heavy (non-hydrogen) atoms. The van der Waals surface area contributed by atoms with Gasteiger partial charge in [0, 0.05) is 44.0 Å². The molecule has 0 bridgehead atoms. The molecular weight excluding hydrogens is 236 g/mol. The first-order valence-electron chi connectivity index (χ1n) is 7.46. The highest BCUT2D eigenvalue weighted by molar-refractivity contribution is 5.10. The van der Waals surface area contributed by atoms with Gasteiger partial charge in [-0.25, -0.2) is 0 Å². The highest BCUT2D eigenvalue weighted by atomic mass is 15.2. The summed E-state index contributed by atoms with van der Waals surface area (Å²) in [6, 6.07) is 0.679. The molecule has 1 unspecified atom stereocenters. The highest BCUT2D eigenvalue weighted by Crippen LogP contribution is 2.17. The van der Waals surface area contributed by atoms with Crippen LogP contribution in [-0.2, 0) is 7.05 Å². The van der Waals surface area contributed by atoms with E-state index in [-0.39, 0.29) is 6.04 Å². The zero-order valence-electron chi connectivity index (χ0n) is 13.1. The SMILES string of the molecule is CCC(CC)N(CC(C)C)CC(N)c1cnn(C)c1. The van der Waals surface area contributed by atoms with Crippen LogP contribution in [0.1, 0.15) is 52.1 Å². The molecule has 0 saturated heterocycles. The van der Waals surface area contributed by atoms with Gasteiger partial charge in [0.1, 0.15) is 0 Å². The van der Waals surface area contributed by atoms with Gasteiger partial charge in [-0.1, -0.05) is 27.7 Å². The zero-order valence-corrected chi connectivity index (χ0v) is 13.1. The number of hydrogen-bond acceptors (Lipinski definition) is 3. The molecule has 1 rings (SSSR count). The third kappa shape index (κ3) is 4.96. The Hall–Kier alpha value is -0.870. The Balaban J connectivity index is 2.70. The summed E-state index contributed by atoms with van der Waals surface area (Å²) in [6.45, 7) is 11.1. The minimum atomic E-state index is 0.0491. The number of nitrogens with zero attached hydrogens (tertiary/aromatic N) is 3. The van der Waals surface area contributed by atoms with Crippen molar-refractivity contribution in [3.63, 3.8) is 0 Å². The van der Waals surface area contributed by atoms with Crippen molar-refractivity contribution >= 4 is 0 Å². The van der Waals surface area contributed by atoms with Crippen LogP contribution < -0.4 is 5.73 Å². The lowest BCUT2D eigenvalue weighted by molar-refractivity contribution is 0.156. The van der Waals surface area contributed by atoms with E-state index in [4.69, 9.17) is 5.73 Å². The number of aryl methyl sites for hydroxylation is 1. The maximum absolute atomic E-state index is 6.34. The maximum atomic E-state index is 6.34. The van der Waals surface area contributed by atoms with Gasteiger partial charge in [-0.2, -0.15) is 5.10 Å². The Morgan fingerprint density at radius 1 is 1.26 bits per heavy atom. The van der Waals surface area contributed by atoms with Crippen molar-refractivity contribution in [2.45, 2.75) is 52.6 Å². The molecule has 0 aliphatic rings. The van der Waals surface area contributed by atoms with Gasteiger partial charge >= 0.3 is 0 Å². The van der Waals surface area contributed by atoms with Crippen molar-refractivity contribution in [1.29, 1.82) is 0 Å². The topological polar surface area (TPSA) is 47.1 Å². The fourth-order valence-corrected chi connectivity index (χ4v) is 2.64. The number of nitrogens with two attached hydrogens (primary N) is 1. The molecule has 0 amide bonds. The van der Waals surface area contributed by atoms with Crippen molar-refractivity contribution < 1.29 is 0 Å². The van der Waals surface area contributed by atoms with Gasteiger partial charge in [0.05, 0.1) is 6.20 Å². The lowest BCUT2D eigenvalue weighted by Gasteiger charge is -2.33. The minimum absolute atomic E-state index is 0.0491. The van der Waals surface area contributed by atoms with E-state index in [0.29, 0.717) is 12.0 Å². The molecule has 1 atom stereocenters. The van der Waals surface area contributed by atoms with Crippen LogP contribution in [0.5, 0.6) is 0 Å². The summed E-state index contributed by atoms with van der Waals surface area (Å²) in [5, 5.41) is 4.21. The molecule has 110 valence electrons. The van der Waals surface area contributed by atoms with E-state index in [0.717, 1.165) is 18.7 Å². The molecule has 0 fully saturated rings. The van der Waals surface area contributed by atoms with E-state index in [2.05, 4.69) is 37.7 Å². The van der Waals surface area contributed by atoms with Crippen molar-refractivity contribution in [1.82, 2.24) is 14.7 Å². The van der Waals surface area contributed by atoms with E-state index in [9.17, 15) is 0 Å². The number of aromatic nitrogens is 2. The Labute approximate surface area is 118 Å². The Bertz CT molecular complexity index is 355. The fraction of sp³-hybridized carbons (Fsp3) is 0.800. The molecule has 2 N–H and O–H groups in total. The van der Waals surface area contributed by atoms with Crippen molar-refractivity contribution in [3.8, 4) is 0 Å². The molecule has 4 heteroatoms. The van der Waals surface area contributed by atoms with Gasteiger partial charge in [0.15, 0.2) is 0 Å². The summed E-state index contributed by atoms with van der Waals surface area (Å²) in [4.78, 5) is 2.54. The molecule has 0 radical (unpaired) electrons. The molecular formula is C15H30N4. The van der Waals surface area contributed by atoms with Crippen molar-refractivity contribution in [3.05, 3.63) is 18.0 Å². The zero-order chi connectivity index (χ0) is 14.4. The number of rotatable bonds is 8. The normalized spacial score (nSPS) is 13.7. The molecule has 0 aromatic carbocycles.